The first-order chi connectivity index (χ1) is 6.54. The van der Waals surface area contributed by atoms with E-state index in [2.05, 4.69) is 24.9 Å². The fraction of sp³-hybridized carbons (Fsp3) is 0.667. The van der Waals surface area contributed by atoms with Crippen LogP contribution in [0.5, 0.6) is 0 Å². The predicted molar refractivity (Wildman–Crippen MR) is 59.4 cm³/mol. The van der Waals surface area contributed by atoms with Crippen LogP contribution in [0.3, 0.4) is 0 Å². The third-order valence-corrected chi connectivity index (χ3v) is 2.82. The number of hydrogen-bond acceptors (Lipinski definition) is 1. The van der Waals surface area contributed by atoms with Gasteiger partial charge in [0.2, 0.25) is 0 Å². The SMILES string of the molecule is CC(C)(N)Cc1cc2c([nH]1)CCCC2. The molecule has 3 N–H and O–H groups in total. The minimum Gasteiger partial charge on any atom is -0.362 e. The Hall–Kier alpha value is -0.760. The second-order valence-electron chi connectivity index (χ2n) is 5.17. The van der Waals surface area contributed by atoms with E-state index < -0.39 is 0 Å². The summed E-state index contributed by atoms with van der Waals surface area (Å²) in [6, 6.07) is 2.31. The number of rotatable bonds is 2. The van der Waals surface area contributed by atoms with E-state index in [1.165, 1.54) is 42.6 Å². The van der Waals surface area contributed by atoms with Crippen molar-refractivity contribution in [3.63, 3.8) is 0 Å². The molecule has 2 rings (SSSR count). The van der Waals surface area contributed by atoms with Crippen LogP contribution in [0.25, 0.3) is 0 Å². The maximum absolute atomic E-state index is 6.01. The summed E-state index contributed by atoms with van der Waals surface area (Å²) in [4.78, 5) is 3.51. The summed E-state index contributed by atoms with van der Waals surface area (Å²) in [5.41, 5.74) is 10.2. The van der Waals surface area contributed by atoms with Crippen LogP contribution in [-0.4, -0.2) is 10.5 Å². The molecule has 1 aliphatic carbocycles. The van der Waals surface area contributed by atoms with Crippen LogP contribution in [0.15, 0.2) is 6.07 Å². The molecule has 0 saturated carbocycles. The third-order valence-electron chi connectivity index (χ3n) is 2.82. The Balaban J connectivity index is 2.16. The number of aromatic amines is 1. The van der Waals surface area contributed by atoms with Gasteiger partial charge in [0.05, 0.1) is 0 Å². The molecule has 2 nitrogen and oxygen atoms in total. The molecular weight excluding hydrogens is 172 g/mol. The highest BCUT2D eigenvalue weighted by Crippen LogP contribution is 2.23. The van der Waals surface area contributed by atoms with E-state index in [9.17, 15) is 0 Å². The normalized spacial score (nSPS) is 16.8. The van der Waals surface area contributed by atoms with Crippen molar-refractivity contribution in [2.45, 2.75) is 51.5 Å². The second kappa shape index (κ2) is 3.43. The van der Waals surface area contributed by atoms with E-state index >= 15 is 0 Å². The highest BCUT2D eigenvalue weighted by atomic mass is 14.8. The van der Waals surface area contributed by atoms with Crippen molar-refractivity contribution in [1.82, 2.24) is 4.98 Å². The lowest BCUT2D eigenvalue weighted by Gasteiger charge is -2.16. The molecule has 0 aromatic carbocycles. The van der Waals surface area contributed by atoms with Crippen molar-refractivity contribution in [3.05, 3.63) is 23.0 Å². The first kappa shape index (κ1) is 9.78. The number of H-pyrrole nitrogens is 1. The third kappa shape index (κ3) is 2.18. The molecule has 78 valence electrons. The van der Waals surface area contributed by atoms with Gasteiger partial charge in [-0.3, -0.25) is 0 Å². The minimum absolute atomic E-state index is 0.104. The van der Waals surface area contributed by atoms with Gasteiger partial charge in [-0.15, -0.1) is 0 Å². The van der Waals surface area contributed by atoms with Gasteiger partial charge in [-0.25, -0.2) is 0 Å². The zero-order chi connectivity index (χ0) is 10.2. The molecule has 2 heteroatoms. The average Bonchev–Trinajstić information content (AvgIpc) is 2.42. The van der Waals surface area contributed by atoms with Gasteiger partial charge in [-0.2, -0.15) is 0 Å². The molecule has 0 unspecified atom stereocenters. The van der Waals surface area contributed by atoms with Crippen LogP contribution >= 0.6 is 0 Å². The summed E-state index contributed by atoms with van der Waals surface area (Å²) in [5.74, 6) is 0. The van der Waals surface area contributed by atoms with Crippen molar-refractivity contribution >= 4 is 0 Å². The maximum Gasteiger partial charge on any atom is 0.0181 e. The standard InChI is InChI=1S/C12H20N2/c1-12(2,13)8-10-7-9-5-3-4-6-11(9)14-10/h7,14H,3-6,8,13H2,1-2H3. The molecule has 1 aromatic rings. The molecule has 0 spiro atoms. The zero-order valence-electron chi connectivity index (χ0n) is 9.19. The van der Waals surface area contributed by atoms with Crippen LogP contribution < -0.4 is 5.73 Å². The van der Waals surface area contributed by atoms with Crippen LogP contribution in [0.4, 0.5) is 0 Å². The first-order valence-corrected chi connectivity index (χ1v) is 5.53. The Morgan fingerprint density at radius 3 is 2.71 bits per heavy atom. The summed E-state index contributed by atoms with van der Waals surface area (Å²) in [6.07, 6.45) is 6.09. The van der Waals surface area contributed by atoms with Crippen LogP contribution in [0.1, 0.15) is 43.6 Å². The highest BCUT2D eigenvalue weighted by molar-refractivity contribution is 5.28. The summed E-state index contributed by atoms with van der Waals surface area (Å²) in [5, 5.41) is 0. The lowest BCUT2D eigenvalue weighted by atomic mass is 9.97. The topological polar surface area (TPSA) is 41.8 Å². The van der Waals surface area contributed by atoms with Gasteiger partial charge in [0.1, 0.15) is 0 Å². The van der Waals surface area contributed by atoms with Crippen molar-refractivity contribution in [2.75, 3.05) is 0 Å². The van der Waals surface area contributed by atoms with E-state index in [-0.39, 0.29) is 5.54 Å². The maximum atomic E-state index is 6.01. The van der Waals surface area contributed by atoms with Crippen molar-refractivity contribution < 1.29 is 0 Å². The molecule has 0 amide bonds. The molecule has 0 aliphatic heterocycles. The molecule has 0 saturated heterocycles. The van der Waals surface area contributed by atoms with Gasteiger partial charge < -0.3 is 10.7 Å². The smallest absolute Gasteiger partial charge is 0.0181 e. The van der Waals surface area contributed by atoms with E-state index in [4.69, 9.17) is 5.73 Å². The van der Waals surface area contributed by atoms with E-state index in [0.29, 0.717) is 0 Å². The molecule has 14 heavy (non-hydrogen) atoms. The van der Waals surface area contributed by atoms with E-state index in [1.807, 2.05) is 0 Å². The zero-order valence-corrected chi connectivity index (χ0v) is 9.19. The second-order valence-corrected chi connectivity index (χ2v) is 5.17. The monoisotopic (exact) mass is 192 g/mol. The number of hydrogen-bond donors (Lipinski definition) is 2. The predicted octanol–water partition coefficient (Wildman–Crippen LogP) is 2.17. The number of aryl methyl sites for hydroxylation is 2. The Kier molecular flexibility index (Phi) is 2.40. The summed E-state index contributed by atoms with van der Waals surface area (Å²) in [6.45, 7) is 4.15. The number of fused-ring (bicyclic) bond motifs is 1. The molecule has 0 radical (unpaired) electrons. The quantitative estimate of drug-likeness (QED) is 0.741. The van der Waals surface area contributed by atoms with Gasteiger partial charge >= 0.3 is 0 Å². The Labute approximate surface area is 85.9 Å². The summed E-state index contributed by atoms with van der Waals surface area (Å²) in [7, 11) is 0. The Morgan fingerprint density at radius 2 is 2.07 bits per heavy atom. The fourth-order valence-corrected chi connectivity index (χ4v) is 2.26. The van der Waals surface area contributed by atoms with Gasteiger partial charge in [-0.1, -0.05) is 0 Å². The van der Waals surface area contributed by atoms with E-state index in [0.717, 1.165) is 6.42 Å². The average molecular weight is 192 g/mol. The molecule has 0 bridgehead atoms. The summed E-state index contributed by atoms with van der Waals surface area (Å²) < 4.78 is 0. The van der Waals surface area contributed by atoms with Gasteiger partial charge in [0.25, 0.3) is 0 Å². The van der Waals surface area contributed by atoms with Gasteiger partial charge in [0.15, 0.2) is 0 Å². The number of nitrogens with two attached hydrogens (primary N) is 1. The first-order valence-electron chi connectivity index (χ1n) is 5.53. The molecule has 0 fully saturated rings. The molecule has 0 atom stereocenters. The van der Waals surface area contributed by atoms with Crippen molar-refractivity contribution in [2.24, 2.45) is 5.73 Å². The lowest BCUT2D eigenvalue weighted by molar-refractivity contribution is 0.511. The minimum atomic E-state index is -0.104. The molecule has 1 aliphatic rings. The van der Waals surface area contributed by atoms with Crippen molar-refractivity contribution in [1.29, 1.82) is 0 Å². The lowest BCUT2D eigenvalue weighted by Crippen LogP contribution is -2.34. The number of nitrogens with one attached hydrogen (secondary N) is 1. The van der Waals surface area contributed by atoms with Crippen LogP contribution in [0, 0.1) is 0 Å². The fourth-order valence-electron chi connectivity index (χ4n) is 2.26. The van der Waals surface area contributed by atoms with Gasteiger partial charge in [0, 0.05) is 23.3 Å². The Morgan fingerprint density at radius 1 is 1.36 bits per heavy atom. The molecule has 1 heterocycles. The van der Waals surface area contributed by atoms with Crippen molar-refractivity contribution in [3.8, 4) is 0 Å². The number of aromatic nitrogens is 1. The largest absolute Gasteiger partial charge is 0.362 e. The van der Waals surface area contributed by atoms with Crippen LogP contribution in [0.2, 0.25) is 0 Å². The summed E-state index contributed by atoms with van der Waals surface area (Å²) >= 11 is 0. The van der Waals surface area contributed by atoms with Crippen LogP contribution in [-0.2, 0) is 19.3 Å². The Bertz CT molecular complexity index is 294. The molecular formula is C12H20N2. The van der Waals surface area contributed by atoms with E-state index in [1.54, 1.807) is 0 Å². The highest BCUT2D eigenvalue weighted by Gasteiger charge is 2.17. The molecule has 1 aromatic heterocycles. The van der Waals surface area contributed by atoms with Gasteiger partial charge in [-0.05, 0) is 51.2 Å².